The fraction of sp³-hybridized carbons (Fsp3) is 0.600. The molecule has 1 aromatic rings. The van der Waals surface area contributed by atoms with Gasteiger partial charge in [-0.15, -0.1) is 0 Å². The minimum absolute atomic E-state index is 0.00541. The first-order valence-corrected chi connectivity index (χ1v) is 5.61. The van der Waals surface area contributed by atoms with Crippen molar-refractivity contribution in [3.05, 3.63) is 22.7 Å². The van der Waals surface area contributed by atoms with Crippen LogP contribution in [0.2, 0.25) is 0 Å². The van der Waals surface area contributed by atoms with Crippen LogP contribution >= 0.6 is 0 Å². The van der Waals surface area contributed by atoms with Crippen LogP contribution in [0.3, 0.4) is 0 Å². The lowest BCUT2D eigenvalue weighted by atomic mass is 10.8. The van der Waals surface area contributed by atoms with Crippen LogP contribution in [0.1, 0.15) is 6.23 Å². The summed E-state index contributed by atoms with van der Waals surface area (Å²) in [5, 5.41) is 38.1. The maximum atomic E-state index is 11.6. The molecule has 1 aromatic heterocycles. The van der Waals surface area contributed by atoms with Crippen molar-refractivity contribution < 1.29 is 25.2 Å². The summed E-state index contributed by atoms with van der Waals surface area (Å²) in [6.07, 6.45) is -5.68. The van der Waals surface area contributed by atoms with Gasteiger partial charge in [0.25, 0.3) is 0 Å². The van der Waals surface area contributed by atoms with Gasteiger partial charge in [-0.05, 0) is 6.07 Å². The summed E-state index contributed by atoms with van der Waals surface area (Å²) in [4.78, 5) is 15.1. The molecule has 0 aromatic carbocycles. The number of aliphatic hydroxyl groups is 4. The summed E-state index contributed by atoms with van der Waals surface area (Å²) in [6.45, 7) is -0.571. The highest BCUT2D eigenvalue weighted by Gasteiger charge is 2.44. The van der Waals surface area contributed by atoms with Crippen LogP contribution in [0.25, 0.3) is 0 Å². The predicted octanol–water partition coefficient (Wildman–Crippen LogP) is -3.20. The molecule has 0 aliphatic carbocycles. The average Bonchev–Trinajstić information content (AvgIpc) is 2.38. The zero-order chi connectivity index (χ0) is 14.2. The van der Waals surface area contributed by atoms with Gasteiger partial charge in [-0.2, -0.15) is 4.98 Å². The van der Waals surface area contributed by atoms with E-state index in [0.717, 1.165) is 4.57 Å². The Hall–Kier alpha value is -1.52. The second-order valence-electron chi connectivity index (χ2n) is 4.26. The Morgan fingerprint density at radius 2 is 2.00 bits per heavy atom. The largest absolute Gasteiger partial charge is 0.394 e. The summed E-state index contributed by atoms with van der Waals surface area (Å²) < 4.78 is 6.14. The van der Waals surface area contributed by atoms with Crippen molar-refractivity contribution in [2.75, 3.05) is 12.3 Å². The van der Waals surface area contributed by atoms with Gasteiger partial charge in [0, 0.05) is 6.20 Å². The first kappa shape index (κ1) is 13.9. The number of nitrogen functional groups attached to an aromatic ring is 1. The highest BCUT2D eigenvalue weighted by atomic mass is 16.8. The molecule has 2 heterocycles. The number of rotatable bonds is 2. The molecule has 9 heteroatoms. The summed E-state index contributed by atoms with van der Waals surface area (Å²) in [7, 11) is 0. The van der Waals surface area contributed by atoms with Crippen LogP contribution < -0.4 is 11.4 Å². The lowest BCUT2D eigenvalue weighted by molar-refractivity contribution is -0.252. The monoisotopic (exact) mass is 283 g/mol. The minimum Gasteiger partial charge on any atom is -0.394 e. The van der Waals surface area contributed by atoms with Crippen molar-refractivity contribution in [2.45, 2.75) is 30.6 Å². The lowest BCUT2D eigenvalue weighted by Crippen LogP contribution is -2.57. The van der Waals surface area contributed by atoms with Crippen LogP contribution in [0.15, 0.2) is 17.1 Å². The number of ether oxygens (including phenoxy) is 1. The second kappa shape index (κ2) is 5.23. The quantitative estimate of drug-likeness (QED) is 0.281. The van der Waals surface area contributed by atoms with Gasteiger partial charge < -0.3 is 30.9 Å². The van der Waals surface area contributed by atoms with E-state index in [1.807, 2.05) is 0 Å². The average molecular weight is 283 g/mol. The SMILES string of the molecule is [15NH2]c1c[13cH][15n]([13C@@H]2O[13C@H]([13CH2]O)[13C@@H](O)[13C@H](O)[13C@H]2O)c(=O)[15n]1. The Morgan fingerprint density at radius 1 is 1.32 bits per heavy atom. The molecule has 1 aliphatic rings. The third kappa shape index (κ3) is 2.46. The normalized spacial score (nSPS) is 35.3. The van der Waals surface area contributed by atoms with Crippen LogP contribution in [0, 0.1) is 0 Å². The highest BCUT2D eigenvalue weighted by molar-refractivity contribution is 5.23. The molecule has 0 amide bonds. The molecule has 0 radical (unpaired) electrons. The molecule has 9 nitrogen and oxygen atoms in total. The molecule has 1 saturated heterocycles. The van der Waals surface area contributed by atoms with Crippen molar-refractivity contribution in [1.82, 2.24) is 9.55 Å². The Labute approximate surface area is 107 Å². The number of aliphatic hydroxyl groups excluding tert-OH is 4. The van der Waals surface area contributed by atoms with E-state index in [9.17, 15) is 20.1 Å². The van der Waals surface area contributed by atoms with Crippen LogP contribution in [0.5, 0.6) is 0 Å². The van der Waals surface area contributed by atoms with Gasteiger partial charge in [0.1, 0.15) is 30.2 Å². The van der Waals surface area contributed by atoms with Crippen LogP contribution in [-0.4, -0.2) is 61.0 Å². The van der Waals surface area contributed by atoms with E-state index in [1.54, 1.807) is 0 Å². The summed E-state index contributed by atoms with van der Waals surface area (Å²) >= 11 is 0. The van der Waals surface area contributed by atoms with E-state index in [-0.39, 0.29) is 5.82 Å². The second-order valence-corrected chi connectivity index (χ2v) is 4.26. The molecular weight excluding hydrogens is 268 g/mol. The van der Waals surface area contributed by atoms with Gasteiger partial charge in [-0.3, -0.25) is 4.57 Å². The maximum absolute atomic E-state index is 11.6. The van der Waals surface area contributed by atoms with Gasteiger partial charge in [-0.25, -0.2) is 4.79 Å². The van der Waals surface area contributed by atoms with E-state index in [2.05, 4.69) is 4.98 Å². The van der Waals surface area contributed by atoms with Gasteiger partial charge >= 0.3 is 5.69 Å². The van der Waals surface area contributed by atoms with Crippen molar-refractivity contribution in [2.24, 2.45) is 0 Å². The van der Waals surface area contributed by atoms with Crippen LogP contribution in [-0.2, 0) is 4.74 Å². The first-order chi connectivity index (χ1) is 8.95. The number of hydrogen-bond acceptors (Lipinski definition) is 8. The summed E-state index contributed by atoms with van der Waals surface area (Å²) in [6, 6.07) is 1.32. The lowest BCUT2D eigenvalue weighted by Gasteiger charge is -2.40. The van der Waals surface area contributed by atoms with Gasteiger partial charge in [-0.1, -0.05) is 0 Å². The molecular formula is C10H15N3O6. The zero-order valence-electron chi connectivity index (χ0n) is 9.83. The molecule has 0 saturated carbocycles. The maximum Gasteiger partial charge on any atom is 0.351 e. The van der Waals surface area contributed by atoms with E-state index >= 15 is 0 Å². The molecule has 0 bridgehead atoms. The number of hydrogen-bond donors (Lipinski definition) is 5. The smallest absolute Gasteiger partial charge is 0.351 e. The number of aromatic nitrogens is 2. The van der Waals surface area contributed by atoms with E-state index in [0.29, 0.717) is 0 Å². The Morgan fingerprint density at radius 3 is 2.58 bits per heavy atom. The summed E-state index contributed by atoms with van der Waals surface area (Å²) in [5.74, 6) is 0.00541. The number of nitrogens with two attached hydrogens (primary N) is 1. The van der Waals surface area contributed by atoms with E-state index in [1.165, 1.54) is 12.3 Å². The summed E-state index contributed by atoms with van der Waals surface area (Å²) in [5.41, 5.74) is 4.56. The third-order valence-corrected chi connectivity index (χ3v) is 2.99. The van der Waals surface area contributed by atoms with E-state index < -0.39 is 42.9 Å². The number of anilines is 1. The fourth-order valence-corrected chi connectivity index (χ4v) is 1.93. The molecule has 106 valence electrons. The standard InChI is InChI=1S/C10H15N3O6/c11-5-1-2-13(10(18)12-5)9-8(17)7(16)6(15)4(3-14)19-9/h1-2,4,6-9,14-17H,3H2,(H2,11,12,18)/t4-,6-,7+,8-,9-/m1/s1/i2+1,3+1,4+1,6+1,7+1,8+1,9+1,11+1,12+1,13+1. The van der Waals surface area contributed by atoms with Gasteiger partial charge in [0.15, 0.2) is 6.23 Å². The minimum atomic E-state index is -1.56. The molecule has 1 fully saturated rings. The molecule has 6 N–H and O–H groups in total. The first-order valence-electron chi connectivity index (χ1n) is 5.61. The van der Waals surface area contributed by atoms with Crippen molar-refractivity contribution in [3.63, 3.8) is 0 Å². The Balaban J connectivity index is 2.35. The van der Waals surface area contributed by atoms with Crippen LogP contribution in [0.4, 0.5) is 5.82 Å². The number of nitrogens with zero attached hydrogens (tertiary/aromatic N) is 2. The Bertz CT molecular complexity index is 504. The topological polar surface area (TPSA) is 151 Å². The van der Waals surface area contributed by atoms with E-state index in [4.69, 9.17) is 15.6 Å². The molecule has 1 aliphatic heterocycles. The molecule has 0 unspecified atom stereocenters. The molecule has 2 rings (SSSR count). The fourth-order valence-electron chi connectivity index (χ4n) is 1.93. The Kier molecular flexibility index (Phi) is 3.83. The molecule has 0 spiro atoms. The highest BCUT2D eigenvalue weighted by Crippen LogP contribution is 2.27. The van der Waals surface area contributed by atoms with Crippen molar-refractivity contribution >= 4 is 5.82 Å². The predicted molar refractivity (Wildman–Crippen MR) is 61.9 cm³/mol. The van der Waals surface area contributed by atoms with Gasteiger partial charge in [0.2, 0.25) is 0 Å². The molecule has 5 atom stereocenters. The zero-order valence-corrected chi connectivity index (χ0v) is 9.83. The van der Waals surface area contributed by atoms with Gasteiger partial charge in [0.05, 0.1) is 6.61 Å². The molecule has 19 heavy (non-hydrogen) atoms. The van der Waals surface area contributed by atoms with Crippen molar-refractivity contribution in [3.8, 4) is 0 Å². The third-order valence-electron chi connectivity index (χ3n) is 2.99. The van der Waals surface area contributed by atoms with Crippen molar-refractivity contribution in [1.29, 1.82) is 0 Å².